The van der Waals surface area contributed by atoms with E-state index in [2.05, 4.69) is 65.8 Å². The molecule has 2 N–H and O–H groups in total. The molecule has 0 saturated heterocycles. The Morgan fingerprint density at radius 2 is 2.00 bits per heavy atom. The number of fused-ring (bicyclic) bond motifs is 1. The molecule has 22 heavy (non-hydrogen) atoms. The molecule has 1 atom stereocenters. The topological polar surface area (TPSA) is 35.5 Å². The zero-order chi connectivity index (χ0) is 15.4. The minimum Gasteiger partial charge on any atom is -0.395 e. The van der Waals surface area contributed by atoms with Crippen molar-refractivity contribution in [3.63, 3.8) is 0 Å². The number of anilines is 1. The molecule has 1 heterocycles. The Hall–Kier alpha value is -1.84. The van der Waals surface area contributed by atoms with Gasteiger partial charge in [-0.15, -0.1) is 0 Å². The van der Waals surface area contributed by atoms with Crippen molar-refractivity contribution in [1.29, 1.82) is 0 Å². The Bertz CT molecular complexity index is 612. The van der Waals surface area contributed by atoms with Crippen LogP contribution in [0.2, 0.25) is 0 Å². The highest BCUT2D eigenvalue weighted by molar-refractivity contribution is 5.51. The number of nitrogens with one attached hydrogen (secondary N) is 1. The van der Waals surface area contributed by atoms with Crippen molar-refractivity contribution in [3.05, 3.63) is 65.2 Å². The van der Waals surface area contributed by atoms with Gasteiger partial charge in [-0.3, -0.25) is 0 Å². The molecule has 116 valence electrons. The predicted molar refractivity (Wildman–Crippen MR) is 91.3 cm³/mol. The molecule has 3 heteroatoms. The van der Waals surface area contributed by atoms with Crippen LogP contribution < -0.4 is 5.32 Å². The van der Waals surface area contributed by atoms with Crippen LogP contribution in [-0.2, 0) is 6.54 Å². The molecule has 2 aromatic carbocycles. The maximum atomic E-state index is 8.97. The lowest BCUT2D eigenvalue weighted by atomic mass is 9.86. The molecule has 1 aliphatic rings. The second-order valence-corrected chi connectivity index (χ2v) is 6.05. The van der Waals surface area contributed by atoms with Gasteiger partial charge in [-0.05, 0) is 48.8 Å². The Kier molecular flexibility index (Phi) is 4.76. The number of nitrogens with zero attached hydrogens (tertiary/aromatic N) is 1. The Morgan fingerprint density at radius 3 is 2.77 bits per heavy atom. The predicted octanol–water partition coefficient (Wildman–Crippen LogP) is 3.06. The zero-order valence-electron chi connectivity index (χ0n) is 13.1. The van der Waals surface area contributed by atoms with E-state index in [0.29, 0.717) is 12.5 Å². The molecular weight excluding hydrogens is 272 g/mol. The van der Waals surface area contributed by atoms with E-state index < -0.39 is 0 Å². The van der Waals surface area contributed by atoms with Crippen molar-refractivity contribution < 1.29 is 5.11 Å². The van der Waals surface area contributed by atoms with Crippen LogP contribution in [0.5, 0.6) is 0 Å². The number of hydrogen-bond donors (Lipinski definition) is 2. The van der Waals surface area contributed by atoms with Crippen molar-refractivity contribution in [3.8, 4) is 0 Å². The highest BCUT2D eigenvalue weighted by Crippen LogP contribution is 2.34. The van der Waals surface area contributed by atoms with E-state index in [0.717, 1.165) is 25.2 Å². The zero-order valence-corrected chi connectivity index (χ0v) is 13.1. The second-order valence-electron chi connectivity index (χ2n) is 6.05. The molecule has 0 aromatic heterocycles. The van der Waals surface area contributed by atoms with E-state index in [1.54, 1.807) is 0 Å². The third-order valence-electron chi connectivity index (χ3n) is 4.40. The van der Waals surface area contributed by atoms with Gasteiger partial charge in [-0.2, -0.15) is 0 Å². The van der Waals surface area contributed by atoms with Gasteiger partial charge in [0.25, 0.3) is 0 Å². The van der Waals surface area contributed by atoms with E-state index in [4.69, 9.17) is 5.11 Å². The van der Waals surface area contributed by atoms with Gasteiger partial charge in [-0.1, -0.05) is 36.4 Å². The summed E-state index contributed by atoms with van der Waals surface area (Å²) < 4.78 is 0. The Balaban J connectivity index is 1.96. The van der Waals surface area contributed by atoms with Gasteiger partial charge >= 0.3 is 0 Å². The number of aliphatic hydroxyl groups excluding tert-OH is 1. The minimum atomic E-state index is 0.156. The van der Waals surface area contributed by atoms with Crippen LogP contribution in [0, 0.1) is 0 Å². The standard InChI is InChI=1S/C19H24N2O/c1-21-11-9-19(15-5-3-2-4-6-15)18-8-7-17(20-10-12-22)13-16(18)14-21/h2-8,13,19-20,22H,9-12,14H2,1H3. The van der Waals surface area contributed by atoms with Crippen LogP contribution in [0.25, 0.3) is 0 Å². The summed E-state index contributed by atoms with van der Waals surface area (Å²) in [5, 5.41) is 12.2. The van der Waals surface area contributed by atoms with Crippen LogP contribution in [0.3, 0.4) is 0 Å². The average molecular weight is 296 g/mol. The number of hydrogen-bond acceptors (Lipinski definition) is 3. The van der Waals surface area contributed by atoms with Crippen molar-refractivity contribution in [2.75, 3.05) is 32.1 Å². The lowest BCUT2D eigenvalue weighted by Crippen LogP contribution is -2.17. The molecular formula is C19H24N2O. The fourth-order valence-electron chi connectivity index (χ4n) is 3.30. The summed E-state index contributed by atoms with van der Waals surface area (Å²) in [6, 6.07) is 17.4. The summed E-state index contributed by atoms with van der Waals surface area (Å²) in [6.45, 7) is 2.83. The maximum Gasteiger partial charge on any atom is 0.0604 e. The molecule has 2 aromatic rings. The summed E-state index contributed by atoms with van der Waals surface area (Å²) in [5.74, 6) is 0.466. The summed E-state index contributed by atoms with van der Waals surface area (Å²) in [5.41, 5.74) is 5.31. The molecule has 3 nitrogen and oxygen atoms in total. The SMILES string of the molecule is CN1CCC(c2ccccc2)c2ccc(NCCO)cc2C1. The minimum absolute atomic E-state index is 0.156. The van der Waals surface area contributed by atoms with Crippen LogP contribution in [0.4, 0.5) is 5.69 Å². The largest absolute Gasteiger partial charge is 0.395 e. The average Bonchev–Trinajstić information content (AvgIpc) is 2.71. The van der Waals surface area contributed by atoms with Crippen LogP contribution >= 0.6 is 0 Å². The lowest BCUT2D eigenvalue weighted by Gasteiger charge is -2.19. The van der Waals surface area contributed by atoms with E-state index in [1.165, 1.54) is 16.7 Å². The van der Waals surface area contributed by atoms with Crippen molar-refractivity contribution in [2.24, 2.45) is 0 Å². The Labute approximate surface area is 132 Å². The molecule has 1 aliphatic heterocycles. The quantitative estimate of drug-likeness (QED) is 0.910. The van der Waals surface area contributed by atoms with Gasteiger partial charge in [0, 0.05) is 24.7 Å². The van der Waals surface area contributed by atoms with E-state index in [-0.39, 0.29) is 6.61 Å². The summed E-state index contributed by atoms with van der Waals surface area (Å²) in [6.07, 6.45) is 1.15. The fraction of sp³-hybridized carbons (Fsp3) is 0.368. The molecule has 0 aliphatic carbocycles. The molecule has 0 amide bonds. The summed E-state index contributed by atoms with van der Waals surface area (Å²) in [4.78, 5) is 2.39. The van der Waals surface area contributed by atoms with Crippen molar-refractivity contribution in [2.45, 2.75) is 18.9 Å². The van der Waals surface area contributed by atoms with Gasteiger partial charge < -0.3 is 15.3 Å². The molecule has 0 spiro atoms. The van der Waals surface area contributed by atoms with Gasteiger partial charge in [0.2, 0.25) is 0 Å². The molecule has 1 unspecified atom stereocenters. The second kappa shape index (κ2) is 6.95. The smallest absolute Gasteiger partial charge is 0.0604 e. The van der Waals surface area contributed by atoms with E-state index in [1.807, 2.05) is 0 Å². The van der Waals surface area contributed by atoms with Crippen LogP contribution in [-0.4, -0.2) is 36.8 Å². The fourth-order valence-corrected chi connectivity index (χ4v) is 3.30. The highest BCUT2D eigenvalue weighted by Gasteiger charge is 2.22. The van der Waals surface area contributed by atoms with Crippen LogP contribution in [0.1, 0.15) is 29.0 Å². The Morgan fingerprint density at radius 1 is 1.18 bits per heavy atom. The van der Waals surface area contributed by atoms with Gasteiger partial charge in [0.05, 0.1) is 6.61 Å². The van der Waals surface area contributed by atoms with E-state index >= 15 is 0 Å². The lowest BCUT2D eigenvalue weighted by molar-refractivity contribution is 0.311. The first-order valence-electron chi connectivity index (χ1n) is 7.99. The monoisotopic (exact) mass is 296 g/mol. The number of rotatable bonds is 4. The van der Waals surface area contributed by atoms with E-state index in [9.17, 15) is 0 Å². The molecule has 3 rings (SSSR count). The molecule has 0 saturated carbocycles. The van der Waals surface area contributed by atoms with Gasteiger partial charge in [0.1, 0.15) is 0 Å². The molecule has 0 radical (unpaired) electrons. The first-order chi connectivity index (χ1) is 10.8. The van der Waals surface area contributed by atoms with Gasteiger partial charge in [0.15, 0.2) is 0 Å². The van der Waals surface area contributed by atoms with Crippen LogP contribution in [0.15, 0.2) is 48.5 Å². The third-order valence-corrected chi connectivity index (χ3v) is 4.40. The first kappa shape index (κ1) is 15.1. The first-order valence-corrected chi connectivity index (χ1v) is 7.99. The molecule has 0 fully saturated rings. The molecule has 0 bridgehead atoms. The summed E-state index contributed by atoms with van der Waals surface area (Å²) >= 11 is 0. The number of aliphatic hydroxyl groups is 1. The summed E-state index contributed by atoms with van der Waals surface area (Å²) in [7, 11) is 2.19. The maximum absolute atomic E-state index is 8.97. The van der Waals surface area contributed by atoms with Crippen molar-refractivity contribution in [1.82, 2.24) is 4.90 Å². The third kappa shape index (κ3) is 3.32. The number of benzene rings is 2. The van der Waals surface area contributed by atoms with Crippen molar-refractivity contribution >= 4 is 5.69 Å². The highest BCUT2D eigenvalue weighted by atomic mass is 16.3. The van der Waals surface area contributed by atoms with Gasteiger partial charge in [-0.25, -0.2) is 0 Å². The normalized spacial score (nSPS) is 18.5.